The van der Waals surface area contributed by atoms with Gasteiger partial charge in [-0.3, -0.25) is 4.55 Å². The van der Waals surface area contributed by atoms with Gasteiger partial charge in [-0.15, -0.1) is 0 Å². The van der Waals surface area contributed by atoms with E-state index in [1.165, 1.54) is 13.8 Å². The van der Waals surface area contributed by atoms with E-state index in [2.05, 4.69) is 11.3 Å². The first-order valence-electron chi connectivity index (χ1n) is 5.31. The average Bonchev–Trinajstić information content (AvgIpc) is 2.30. The molecule has 0 aliphatic heterocycles. The van der Waals surface area contributed by atoms with E-state index in [0.717, 1.165) is 6.92 Å². The van der Waals surface area contributed by atoms with Crippen molar-refractivity contribution < 1.29 is 31.3 Å². The lowest BCUT2D eigenvalue weighted by atomic mass is 10.1. The summed E-state index contributed by atoms with van der Waals surface area (Å²) >= 11 is 0. The molecule has 0 unspecified atom stereocenters. The Morgan fingerprint density at radius 3 is 2.10 bits per heavy atom. The predicted octanol–water partition coefficient (Wildman–Crippen LogP) is 2.31. The third kappa shape index (κ3) is 2.86. The van der Waals surface area contributed by atoms with Crippen LogP contribution in [0.15, 0.2) is 17.0 Å². The van der Waals surface area contributed by atoms with Gasteiger partial charge in [0.15, 0.2) is 11.6 Å². The Balaban J connectivity index is 3.61. The van der Waals surface area contributed by atoms with Crippen molar-refractivity contribution in [3.05, 3.63) is 34.9 Å². The van der Waals surface area contributed by atoms with Crippen molar-refractivity contribution in [1.29, 1.82) is 0 Å². The molecule has 0 bridgehead atoms. The van der Waals surface area contributed by atoms with Crippen molar-refractivity contribution in [2.45, 2.75) is 25.7 Å². The fourth-order valence-electron chi connectivity index (χ4n) is 1.48. The van der Waals surface area contributed by atoms with Crippen molar-refractivity contribution in [1.82, 2.24) is 0 Å². The van der Waals surface area contributed by atoms with E-state index < -0.39 is 38.4 Å². The molecule has 0 aromatic heterocycles. The highest BCUT2D eigenvalue weighted by molar-refractivity contribution is 7.85. The van der Waals surface area contributed by atoms with Crippen LogP contribution in [0.4, 0.5) is 8.78 Å². The van der Waals surface area contributed by atoms with E-state index >= 15 is 0 Å². The lowest BCUT2D eigenvalue weighted by Gasteiger charge is -2.14. The first-order valence-corrected chi connectivity index (χ1v) is 6.75. The van der Waals surface area contributed by atoms with Gasteiger partial charge in [0.05, 0.1) is 0 Å². The molecule has 5 nitrogen and oxygen atoms in total. The van der Waals surface area contributed by atoms with E-state index in [1.807, 2.05) is 0 Å². The van der Waals surface area contributed by atoms with Crippen LogP contribution in [-0.2, 0) is 14.9 Å². The summed E-state index contributed by atoms with van der Waals surface area (Å²) in [6, 6.07) is 0. The van der Waals surface area contributed by atoms with Crippen molar-refractivity contribution in [2.24, 2.45) is 0 Å². The number of esters is 1. The predicted molar refractivity (Wildman–Crippen MR) is 66.1 cm³/mol. The van der Waals surface area contributed by atoms with Crippen molar-refractivity contribution in [3.8, 4) is 5.75 Å². The second kappa shape index (κ2) is 5.29. The highest BCUT2D eigenvalue weighted by Crippen LogP contribution is 2.33. The maximum Gasteiger partial charge on any atom is 0.338 e. The quantitative estimate of drug-likeness (QED) is 0.401. The summed E-state index contributed by atoms with van der Waals surface area (Å²) in [5, 5.41) is 0. The SMILES string of the molecule is C=C(C)C(=O)Oc1c(C)c(C)c(S(=O)(=O)O)c(F)c1F. The van der Waals surface area contributed by atoms with Crippen LogP contribution in [0, 0.1) is 25.5 Å². The highest BCUT2D eigenvalue weighted by atomic mass is 32.2. The number of benzene rings is 1. The second-order valence-electron chi connectivity index (χ2n) is 4.18. The number of ether oxygens (including phenoxy) is 1. The molecule has 1 aromatic rings. The highest BCUT2D eigenvalue weighted by Gasteiger charge is 2.29. The van der Waals surface area contributed by atoms with Crippen LogP contribution in [0.3, 0.4) is 0 Å². The molecular formula is C12H12F2O5S. The molecule has 0 heterocycles. The zero-order valence-corrected chi connectivity index (χ0v) is 11.8. The summed E-state index contributed by atoms with van der Waals surface area (Å²) in [4.78, 5) is 10.2. The number of hydrogen-bond acceptors (Lipinski definition) is 4. The van der Waals surface area contributed by atoms with Gasteiger partial charge in [0, 0.05) is 5.57 Å². The number of halogens is 2. The Morgan fingerprint density at radius 2 is 1.70 bits per heavy atom. The standard InChI is InChI=1S/C12H12F2O5S/c1-5(2)12(15)19-10-6(3)7(4)11(20(16,17)18)9(14)8(10)13/h1H2,2-4H3,(H,16,17,18). The molecule has 0 saturated carbocycles. The van der Waals surface area contributed by atoms with Crippen molar-refractivity contribution in [3.63, 3.8) is 0 Å². The molecule has 0 amide bonds. The largest absolute Gasteiger partial charge is 0.420 e. The molecule has 0 aliphatic carbocycles. The van der Waals surface area contributed by atoms with Gasteiger partial charge in [0.2, 0.25) is 5.82 Å². The first kappa shape index (κ1) is 16.3. The Hall–Kier alpha value is -1.80. The van der Waals surface area contributed by atoms with Crippen LogP contribution in [0.1, 0.15) is 18.1 Å². The van der Waals surface area contributed by atoms with Gasteiger partial charge in [-0.1, -0.05) is 6.58 Å². The van der Waals surface area contributed by atoms with Gasteiger partial charge in [0.1, 0.15) is 4.90 Å². The molecule has 0 atom stereocenters. The van der Waals surface area contributed by atoms with Gasteiger partial charge < -0.3 is 4.74 Å². The van der Waals surface area contributed by atoms with E-state index in [0.29, 0.717) is 0 Å². The fraction of sp³-hybridized carbons (Fsp3) is 0.250. The normalized spacial score (nSPS) is 11.3. The monoisotopic (exact) mass is 306 g/mol. The number of rotatable bonds is 3. The zero-order chi connectivity index (χ0) is 15.8. The van der Waals surface area contributed by atoms with E-state index in [-0.39, 0.29) is 16.7 Å². The molecule has 0 radical (unpaired) electrons. The lowest BCUT2D eigenvalue weighted by molar-refractivity contribution is -0.130. The number of carbonyl (C=O) groups is 1. The third-order valence-corrected chi connectivity index (χ3v) is 3.64. The number of hydrogen-bond donors (Lipinski definition) is 1. The molecule has 8 heteroatoms. The topological polar surface area (TPSA) is 80.7 Å². The minimum Gasteiger partial charge on any atom is -0.420 e. The molecule has 0 aliphatic rings. The average molecular weight is 306 g/mol. The molecule has 1 N–H and O–H groups in total. The van der Waals surface area contributed by atoms with E-state index in [4.69, 9.17) is 4.55 Å². The smallest absolute Gasteiger partial charge is 0.338 e. The van der Waals surface area contributed by atoms with Crippen molar-refractivity contribution >= 4 is 16.1 Å². The van der Waals surface area contributed by atoms with E-state index in [1.54, 1.807) is 0 Å². The maximum absolute atomic E-state index is 13.8. The van der Waals surface area contributed by atoms with Gasteiger partial charge in [-0.25, -0.2) is 9.18 Å². The van der Waals surface area contributed by atoms with Crippen molar-refractivity contribution in [2.75, 3.05) is 0 Å². The molecule has 110 valence electrons. The first-order chi connectivity index (χ1) is 8.98. The van der Waals surface area contributed by atoms with Crippen LogP contribution in [0.5, 0.6) is 5.75 Å². The summed E-state index contributed by atoms with van der Waals surface area (Å²) in [7, 11) is -4.94. The molecule has 0 saturated heterocycles. The second-order valence-corrected chi connectivity index (χ2v) is 5.54. The van der Waals surface area contributed by atoms with Crippen LogP contribution < -0.4 is 4.74 Å². The molecule has 0 spiro atoms. The Labute approximate surface area is 114 Å². The van der Waals surface area contributed by atoms with Gasteiger partial charge >= 0.3 is 5.97 Å². The van der Waals surface area contributed by atoms with Crippen LogP contribution in [-0.4, -0.2) is 18.9 Å². The van der Waals surface area contributed by atoms with E-state index in [9.17, 15) is 22.0 Å². The summed E-state index contributed by atoms with van der Waals surface area (Å²) in [6.07, 6.45) is 0. The number of carbonyl (C=O) groups excluding carboxylic acids is 1. The minimum absolute atomic E-state index is 0.0410. The zero-order valence-electron chi connectivity index (χ0n) is 11.0. The van der Waals surface area contributed by atoms with Crippen LogP contribution >= 0.6 is 0 Å². The van der Waals surface area contributed by atoms with Gasteiger partial charge in [-0.05, 0) is 31.9 Å². The summed E-state index contributed by atoms with van der Waals surface area (Å²) in [5.41, 5.74) is -0.414. The van der Waals surface area contributed by atoms with Crippen LogP contribution in [0.25, 0.3) is 0 Å². The maximum atomic E-state index is 13.8. The summed E-state index contributed by atoms with van der Waals surface area (Å²) < 4.78 is 63.2. The molecule has 20 heavy (non-hydrogen) atoms. The lowest BCUT2D eigenvalue weighted by Crippen LogP contribution is -2.15. The van der Waals surface area contributed by atoms with Gasteiger partial charge in [-0.2, -0.15) is 12.8 Å². The Morgan fingerprint density at radius 1 is 1.20 bits per heavy atom. The summed E-state index contributed by atoms with van der Waals surface area (Å²) in [6.45, 7) is 6.98. The summed E-state index contributed by atoms with van der Waals surface area (Å²) in [5.74, 6) is -5.19. The fourth-order valence-corrected chi connectivity index (χ4v) is 2.33. The Bertz CT molecular complexity index is 678. The third-order valence-electron chi connectivity index (χ3n) is 2.64. The molecule has 1 aromatic carbocycles. The molecule has 1 rings (SSSR count). The Kier molecular flexibility index (Phi) is 4.30. The van der Waals surface area contributed by atoms with Crippen LogP contribution in [0.2, 0.25) is 0 Å². The molecular weight excluding hydrogens is 294 g/mol. The molecule has 0 fully saturated rings. The van der Waals surface area contributed by atoms with Gasteiger partial charge in [0.25, 0.3) is 10.1 Å². The minimum atomic E-state index is -4.94.